The third-order valence-corrected chi connectivity index (χ3v) is 3.89. The summed E-state index contributed by atoms with van der Waals surface area (Å²) in [5.41, 5.74) is 0.669. The zero-order valence-corrected chi connectivity index (χ0v) is 12.3. The van der Waals surface area contributed by atoms with E-state index in [1.54, 1.807) is 27.9 Å². The standard InChI is InChI=1S/C16H18N4O2/c21-15(14-4-2-1-3-5-14)6-7-16(22)19-10-13(11-19)12-20-9-8-17-18-20/h1-5,8-9,13H,6-7,10-12H2. The lowest BCUT2D eigenvalue weighted by Crippen LogP contribution is -2.51. The summed E-state index contributed by atoms with van der Waals surface area (Å²) in [4.78, 5) is 25.8. The van der Waals surface area contributed by atoms with E-state index < -0.39 is 0 Å². The first-order valence-electron chi connectivity index (χ1n) is 7.42. The molecule has 1 aromatic carbocycles. The summed E-state index contributed by atoms with van der Waals surface area (Å²) < 4.78 is 1.78. The number of ketones is 1. The van der Waals surface area contributed by atoms with Gasteiger partial charge in [-0.05, 0) is 0 Å². The van der Waals surface area contributed by atoms with Gasteiger partial charge in [-0.25, -0.2) is 0 Å². The minimum Gasteiger partial charge on any atom is -0.342 e. The molecule has 0 spiro atoms. The van der Waals surface area contributed by atoms with Gasteiger partial charge >= 0.3 is 0 Å². The fourth-order valence-electron chi connectivity index (χ4n) is 2.63. The van der Waals surface area contributed by atoms with Crippen molar-refractivity contribution < 1.29 is 9.59 Å². The molecule has 2 aromatic rings. The highest BCUT2D eigenvalue weighted by atomic mass is 16.2. The van der Waals surface area contributed by atoms with Gasteiger partial charge in [-0.15, -0.1) is 5.10 Å². The fraction of sp³-hybridized carbons (Fsp3) is 0.375. The topological polar surface area (TPSA) is 68.1 Å². The van der Waals surface area contributed by atoms with Crippen LogP contribution in [0.25, 0.3) is 0 Å². The molecule has 0 saturated carbocycles. The number of nitrogens with zero attached hydrogens (tertiary/aromatic N) is 4. The highest BCUT2D eigenvalue weighted by molar-refractivity contribution is 5.97. The monoisotopic (exact) mass is 298 g/mol. The first-order valence-corrected chi connectivity index (χ1v) is 7.42. The van der Waals surface area contributed by atoms with E-state index in [9.17, 15) is 9.59 Å². The zero-order valence-electron chi connectivity index (χ0n) is 12.3. The fourth-order valence-corrected chi connectivity index (χ4v) is 2.63. The van der Waals surface area contributed by atoms with Crippen molar-refractivity contribution in [1.82, 2.24) is 19.9 Å². The normalized spacial score (nSPS) is 14.6. The Bertz CT molecular complexity index is 633. The van der Waals surface area contributed by atoms with E-state index in [1.165, 1.54) is 0 Å². The molecule has 3 rings (SSSR count). The summed E-state index contributed by atoms with van der Waals surface area (Å²) >= 11 is 0. The van der Waals surface area contributed by atoms with Gasteiger partial charge in [0.2, 0.25) is 5.91 Å². The molecule has 1 fully saturated rings. The average Bonchev–Trinajstić information content (AvgIpc) is 3.01. The summed E-state index contributed by atoms with van der Waals surface area (Å²) in [6.07, 6.45) is 4.02. The molecule has 1 aliphatic rings. The minimum atomic E-state index is 0.0219. The molecule has 0 N–H and O–H groups in total. The first-order chi connectivity index (χ1) is 10.7. The molecular weight excluding hydrogens is 280 g/mol. The Morgan fingerprint density at radius 1 is 1.14 bits per heavy atom. The van der Waals surface area contributed by atoms with Crippen LogP contribution in [0.3, 0.4) is 0 Å². The molecule has 0 atom stereocenters. The van der Waals surface area contributed by atoms with E-state index in [4.69, 9.17) is 0 Å². The van der Waals surface area contributed by atoms with Gasteiger partial charge in [0, 0.05) is 50.2 Å². The Kier molecular flexibility index (Phi) is 4.27. The molecule has 6 heteroatoms. The third kappa shape index (κ3) is 3.39. The van der Waals surface area contributed by atoms with Crippen molar-refractivity contribution in [1.29, 1.82) is 0 Å². The number of Topliss-reactive ketones (excluding diaryl/α,β-unsaturated/α-hetero) is 1. The lowest BCUT2D eigenvalue weighted by molar-refractivity contribution is -0.137. The molecule has 1 aliphatic heterocycles. The summed E-state index contributed by atoms with van der Waals surface area (Å²) in [6.45, 7) is 2.25. The number of likely N-dealkylation sites (tertiary alicyclic amines) is 1. The molecule has 1 amide bonds. The van der Waals surface area contributed by atoms with Crippen molar-refractivity contribution in [2.45, 2.75) is 19.4 Å². The number of aromatic nitrogens is 3. The lowest BCUT2D eigenvalue weighted by Gasteiger charge is -2.39. The van der Waals surface area contributed by atoms with Gasteiger partial charge in [0.15, 0.2) is 5.78 Å². The van der Waals surface area contributed by atoms with Gasteiger partial charge < -0.3 is 4.90 Å². The quantitative estimate of drug-likeness (QED) is 0.756. The van der Waals surface area contributed by atoms with Crippen LogP contribution in [0.1, 0.15) is 23.2 Å². The highest BCUT2D eigenvalue weighted by Gasteiger charge is 2.30. The second-order valence-corrected chi connectivity index (χ2v) is 5.58. The number of hydrogen-bond donors (Lipinski definition) is 0. The van der Waals surface area contributed by atoms with Crippen LogP contribution in [0, 0.1) is 5.92 Å². The summed E-state index contributed by atoms with van der Waals surface area (Å²) in [5, 5.41) is 7.68. The van der Waals surface area contributed by atoms with Crippen LogP contribution < -0.4 is 0 Å². The third-order valence-electron chi connectivity index (χ3n) is 3.89. The number of rotatable bonds is 6. The van der Waals surface area contributed by atoms with Crippen LogP contribution in [0.15, 0.2) is 42.7 Å². The minimum absolute atomic E-state index is 0.0219. The Morgan fingerprint density at radius 2 is 1.91 bits per heavy atom. The maximum Gasteiger partial charge on any atom is 0.223 e. The van der Waals surface area contributed by atoms with E-state index in [-0.39, 0.29) is 24.5 Å². The molecule has 1 saturated heterocycles. The second-order valence-electron chi connectivity index (χ2n) is 5.58. The number of hydrogen-bond acceptors (Lipinski definition) is 4. The van der Waals surface area contributed by atoms with E-state index in [1.807, 2.05) is 24.4 Å². The van der Waals surface area contributed by atoms with Crippen molar-refractivity contribution >= 4 is 11.7 Å². The van der Waals surface area contributed by atoms with E-state index >= 15 is 0 Å². The predicted molar refractivity (Wildman–Crippen MR) is 80.1 cm³/mol. The van der Waals surface area contributed by atoms with E-state index in [0.29, 0.717) is 11.5 Å². The van der Waals surface area contributed by atoms with Crippen LogP contribution >= 0.6 is 0 Å². The smallest absolute Gasteiger partial charge is 0.223 e. The molecule has 0 unspecified atom stereocenters. The Morgan fingerprint density at radius 3 is 2.59 bits per heavy atom. The number of amides is 1. The van der Waals surface area contributed by atoms with Gasteiger partial charge in [0.05, 0.1) is 6.20 Å². The maximum atomic E-state index is 12.0. The van der Waals surface area contributed by atoms with Gasteiger partial charge in [0.1, 0.15) is 0 Å². The van der Waals surface area contributed by atoms with Crippen molar-refractivity contribution in [3.8, 4) is 0 Å². The molecule has 2 heterocycles. The summed E-state index contributed by atoms with van der Waals surface area (Å²) in [6, 6.07) is 9.10. The molecule has 114 valence electrons. The van der Waals surface area contributed by atoms with Gasteiger partial charge in [-0.1, -0.05) is 35.5 Å². The molecule has 0 radical (unpaired) electrons. The van der Waals surface area contributed by atoms with Crippen molar-refractivity contribution in [3.05, 3.63) is 48.3 Å². The zero-order chi connectivity index (χ0) is 15.4. The Labute approximate surface area is 128 Å². The molecule has 1 aromatic heterocycles. The molecule has 0 aliphatic carbocycles. The molecule has 6 nitrogen and oxygen atoms in total. The van der Waals surface area contributed by atoms with E-state index in [0.717, 1.165) is 19.6 Å². The molecule has 0 bridgehead atoms. The van der Waals surface area contributed by atoms with Gasteiger partial charge in [-0.3, -0.25) is 14.3 Å². The van der Waals surface area contributed by atoms with E-state index in [2.05, 4.69) is 10.3 Å². The summed E-state index contributed by atoms with van der Waals surface area (Å²) in [5.74, 6) is 0.503. The SMILES string of the molecule is O=C(CCC(=O)N1CC(Cn2ccnn2)C1)c1ccccc1. The van der Waals surface area contributed by atoms with Crippen LogP contribution in [-0.2, 0) is 11.3 Å². The summed E-state index contributed by atoms with van der Waals surface area (Å²) in [7, 11) is 0. The largest absolute Gasteiger partial charge is 0.342 e. The molecule has 22 heavy (non-hydrogen) atoms. The Hall–Kier alpha value is -2.50. The van der Waals surface area contributed by atoms with Crippen molar-refractivity contribution in [3.63, 3.8) is 0 Å². The number of carbonyl (C=O) groups is 2. The first kappa shape index (κ1) is 14.4. The van der Waals surface area contributed by atoms with Crippen molar-refractivity contribution in [2.24, 2.45) is 5.92 Å². The molecular formula is C16H18N4O2. The second kappa shape index (κ2) is 6.51. The van der Waals surface area contributed by atoms with Crippen LogP contribution in [0.5, 0.6) is 0 Å². The maximum absolute atomic E-state index is 12.0. The number of carbonyl (C=O) groups excluding carboxylic acids is 2. The highest BCUT2D eigenvalue weighted by Crippen LogP contribution is 2.19. The van der Waals surface area contributed by atoms with Gasteiger partial charge in [-0.2, -0.15) is 0 Å². The lowest BCUT2D eigenvalue weighted by atomic mass is 9.98. The average molecular weight is 298 g/mol. The number of benzene rings is 1. The van der Waals surface area contributed by atoms with Crippen LogP contribution in [0.2, 0.25) is 0 Å². The van der Waals surface area contributed by atoms with Gasteiger partial charge in [0.25, 0.3) is 0 Å². The Balaban J connectivity index is 1.40. The van der Waals surface area contributed by atoms with Crippen LogP contribution in [0.4, 0.5) is 0 Å². The van der Waals surface area contributed by atoms with Crippen molar-refractivity contribution in [2.75, 3.05) is 13.1 Å². The van der Waals surface area contributed by atoms with Crippen LogP contribution in [-0.4, -0.2) is 44.7 Å². The predicted octanol–water partition coefficient (Wildman–Crippen LogP) is 1.40.